The SMILES string of the molecule is COCCn1c(SCC(=O)NC(C)c2ccc(F)cc2)nc2cc(Cl)ccc21. The molecule has 0 bridgehead atoms. The molecule has 0 aliphatic rings. The van der Waals surface area contributed by atoms with Crippen LogP contribution in [0.25, 0.3) is 11.0 Å². The number of nitrogens with one attached hydrogen (secondary N) is 1. The second-order valence-electron chi connectivity index (χ2n) is 6.30. The van der Waals surface area contributed by atoms with Crippen LogP contribution in [-0.4, -0.2) is 34.9 Å². The Morgan fingerprint density at radius 1 is 1.32 bits per heavy atom. The van der Waals surface area contributed by atoms with Crippen molar-refractivity contribution >= 4 is 40.3 Å². The summed E-state index contributed by atoms with van der Waals surface area (Å²) in [5, 5.41) is 4.28. The van der Waals surface area contributed by atoms with Crippen molar-refractivity contribution in [3.63, 3.8) is 0 Å². The molecule has 3 aromatic rings. The summed E-state index contributed by atoms with van der Waals surface area (Å²) in [5.41, 5.74) is 2.58. The van der Waals surface area contributed by atoms with Gasteiger partial charge in [-0.05, 0) is 42.8 Å². The van der Waals surface area contributed by atoms with Gasteiger partial charge in [-0.25, -0.2) is 9.37 Å². The van der Waals surface area contributed by atoms with Crippen molar-refractivity contribution in [1.29, 1.82) is 0 Å². The molecule has 0 saturated heterocycles. The molecule has 1 aromatic heterocycles. The van der Waals surface area contributed by atoms with Crippen LogP contribution in [0.1, 0.15) is 18.5 Å². The Bertz CT molecular complexity index is 962. The number of ether oxygens (including phenoxy) is 1. The summed E-state index contributed by atoms with van der Waals surface area (Å²) in [6, 6.07) is 11.4. The van der Waals surface area contributed by atoms with E-state index in [-0.39, 0.29) is 23.5 Å². The number of carbonyl (C=O) groups is 1. The molecule has 0 aliphatic heterocycles. The van der Waals surface area contributed by atoms with Gasteiger partial charge in [-0.1, -0.05) is 35.5 Å². The molecule has 2 aromatic carbocycles. The summed E-state index contributed by atoms with van der Waals surface area (Å²) in [7, 11) is 1.65. The Morgan fingerprint density at radius 2 is 2.07 bits per heavy atom. The number of hydrogen-bond acceptors (Lipinski definition) is 4. The van der Waals surface area contributed by atoms with Crippen LogP contribution in [0.15, 0.2) is 47.6 Å². The largest absolute Gasteiger partial charge is 0.383 e. The van der Waals surface area contributed by atoms with E-state index in [1.165, 1.54) is 23.9 Å². The van der Waals surface area contributed by atoms with Gasteiger partial charge in [-0.2, -0.15) is 0 Å². The Hall–Kier alpha value is -2.09. The zero-order chi connectivity index (χ0) is 20.1. The van der Waals surface area contributed by atoms with Crippen molar-refractivity contribution in [2.24, 2.45) is 0 Å². The molecule has 5 nitrogen and oxygen atoms in total. The molecule has 1 N–H and O–H groups in total. The monoisotopic (exact) mass is 421 g/mol. The lowest BCUT2D eigenvalue weighted by Crippen LogP contribution is -2.28. The van der Waals surface area contributed by atoms with Gasteiger partial charge in [0.05, 0.1) is 29.4 Å². The third-order valence-electron chi connectivity index (χ3n) is 4.27. The highest BCUT2D eigenvalue weighted by molar-refractivity contribution is 7.99. The first kappa shape index (κ1) is 20.6. The third-order valence-corrected chi connectivity index (χ3v) is 5.49. The molecule has 8 heteroatoms. The van der Waals surface area contributed by atoms with Crippen LogP contribution < -0.4 is 5.32 Å². The second-order valence-corrected chi connectivity index (χ2v) is 7.68. The number of amides is 1. The lowest BCUT2D eigenvalue weighted by atomic mass is 10.1. The van der Waals surface area contributed by atoms with E-state index in [9.17, 15) is 9.18 Å². The molecular weight excluding hydrogens is 401 g/mol. The van der Waals surface area contributed by atoms with E-state index in [1.807, 2.05) is 23.6 Å². The minimum Gasteiger partial charge on any atom is -0.383 e. The fraction of sp³-hybridized carbons (Fsp3) is 0.300. The zero-order valence-electron chi connectivity index (χ0n) is 15.6. The van der Waals surface area contributed by atoms with E-state index >= 15 is 0 Å². The predicted molar refractivity (Wildman–Crippen MR) is 110 cm³/mol. The number of aromatic nitrogens is 2. The molecule has 1 amide bonds. The number of thioether (sulfide) groups is 1. The molecule has 3 rings (SSSR count). The van der Waals surface area contributed by atoms with E-state index < -0.39 is 0 Å². The van der Waals surface area contributed by atoms with Gasteiger partial charge in [0, 0.05) is 18.7 Å². The van der Waals surface area contributed by atoms with E-state index in [1.54, 1.807) is 25.3 Å². The normalized spacial score (nSPS) is 12.3. The highest BCUT2D eigenvalue weighted by Crippen LogP contribution is 2.26. The maximum absolute atomic E-state index is 13.0. The molecule has 148 valence electrons. The average Bonchev–Trinajstić information content (AvgIpc) is 3.01. The first-order valence-electron chi connectivity index (χ1n) is 8.80. The van der Waals surface area contributed by atoms with Gasteiger partial charge >= 0.3 is 0 Å². The van der Waals surface area contributed by atoms with Gasteiger partial charge in [0.1, 0.15) is 5.82 Å². The number of hydrogen-bond donors (Lipinski definition) is 1. The Balaban J connectivity index is 1.68. The van der Waals surface area contributed by atoms with Crippen LogP contribution in [-0.2, 0) is 16.1 Å². The number of halogens is 2. The lowest BCUT2D eigenvalue weighted by molar-refractivity contribution is -0.119. The predicted octanol–water partition coefficient (Wildman–Crippen LogP) is 4.44. The third kappa shape index (κ3) is 5.04. The number of fused-ring (bicyclic) bond motifs is 1. The van der Waals surface area contributed by atoms with E-state index in [4.69, 9.17) is 16.3 Å². The van der Waals surface area contributed by atoms with Gasteiger partial charge in [-0.15, -0.1) is 0 Å². The van der Waals surface area contributed by atoms with Crippen LogP contribution in [0.2, 0.25) is 5.02 Å². The summed E-state index contributed by atoms with van der Waals surface area (Å²) < 4.78 is 20.3. The van der Waals surface area contributed by atoms with Crippen molar-refractivity contribution in [3.05, 3.63) is 58.9 Å². The van der Waals surface area contributed by atoms with Crippen LogP contribution >= 0.6 is 23.4 Å². The number of imidazole rings is 1. The summed E-state index contributed by atoms with van der Waals surface area (Å²) in [5.74, 6) is -0.201. The fourth-order valence-electron chi connectivity index (χ4n) is 2.84. The number of carbonyl (C=O) groups excluding carboxylic acids is 1. The maximum Gasteiger partial charge on any atom is 0.230 e. The van der Waals surface area contributed by atoms with Crippen LogP contribution in [0.3, 0.4) is 0 Å². The first-order valence-corrected chi connectivity index (χ1v) is 10.2. The number of benzene rings is 2. The summed E-state index contributed by atoms with van der Waals surface area (Å²) >= 11 is 7.43. The van der Waals surface area contributed by atoms with Gasteiger partial charge < -0.3 is 14.6 Å². The first-order chi connectivity index (χ1) is 13.5. The highest BCUT2D eigenvalue weighted by atomic mass is 35.5. The average molecular weight is 422 g/mol. The molecule has 0 aliphatic carbocycles. The molecular formula is C20H21ClFN3O2S. The second kappa shape index (κ2) is 9.41. The van der Waals surface area contributed by atoms with Crippen LogP contribution in [0.4, 0.5) is 4.39 Å². The van der Waals surface area contributed by atoms with Crippen LogP contribution in [0.5, 0.6) is 0 Å². The van der Waals surface area contributed by atoms with Crippen molar-refractivity contribution in [1.82, 2.24) is 14.9 Å². The summed E-state index contributed by atoms with van der Waals surface area (Å²) in [6.45, 7) is 3.03. The number of nitrogens with zero attached hydrogens (tertiary/aromatic N) is 2. The minimum atomic E-state index is -0.298. The quantitative estimate of drug-likeness (QED) is 0.546. The molecule has 1 heterocycles. The molecule has 0 saturated carbocycles. The topological polar surface area (TPSA) is 56.1 Å². The van der Waals surface area contributed by atoms with Gasteiger partial charge in [-0.3, -0.25) is 4.79 Å². The highest BCUT2D eigenvalue weighted by Gasteiger charge is 2.15. The van der Waals surface area contributed by atoms with Crippen LogP contribution in [0, 0.1) is 5.82 Å². The van der Waals surface area contributed by atoms with Gasteiger partial charge in [0.2, 0.25) is 5.91 Å². The van der Waals surface area contributed by atoms with Crippen molar-refractivity contribution in [3.8, 4) is 0 Å². The Kier molecular flexibility index (Phi) is 6.93. The zero-order valence-corrected chi connectivity index (χ0v) is 17.2. The molecule has 0 radical (unpaired) electrons. The fourth-order valence-corrected chi connectivity index (χ4v) is 3.86. The summed E-state index contributed by atoms with van der Waals surface area (Å²) in [6.07, 6.45) is 0. The van der Waals surface area contributed by atoms with E-state index in [2.05, 4.69) is 10.3 Å². The minimum absolute atomic E-state index is 0.120. The molecule has 0 spiro atoms. The smallest absolute Gasteiger partial charge is 0.230 e. The standard InChI is InChI=1S/C20H21ClFN3O2S/c1-13(14-3-6-16(22)7-4-14)23-19(26)12-28-20-24-17-11-15(21)5-8-18(17)25(20)9-10-27-2/h3-8,11,13H,9-10,12H2,1-2H3,(H,23,26). The molecule has 0 fully saturated rings. The van der Waals surface area contributed by atoms with Gasteiger partial charge in [0.15, 0.2) is 5.16 Å². The molecule has 1 unspecified atom stereocenters. The maximum atomic E-state index is 13.0. The van der Waals surface area contributed by atoms with E-state index in [0.29, 0.717) is 18.2 Å². The Morgan fingerprint density at radius 3 is 2.79 bits per heavy atom. The van der Waals surface area contributed by atoms with E-state index in [0.717, 1.165) is 21.8 Å². The van der Waals surface area contributed by atoms with Crippen molar-refractivity contribution in [2.75, 3.05) is 19.5 Å². The Labute approximate surface area is 172 Å². The number of methoxy groups -OCH3 is 1. The molecule has 1 atom stereocenters. The lowest BCUT2D eigenvalue weighted by Gasteiger charge is -2.14. The molecule has 28 heavy (non-hydrogen) atoms. The summed E-state index contributed by atoms with van der Waals surface area (Å²) in [4.78, 5) is 17.0. The van der Waals surface area contributed by atoms with Crippen molar-refractivity contribution < 1.29 is 13.9 Å². The van der Waals surface area contributed by atoms with Gasteiger partial charge in [0.25, 0.3) is 0 Å². The number of rotatable bonds is 8. The van der Waals surface area contributed by atoms with Crippen molar-refractivity contribution in [2.45, 2.75) is 24.7 Å².